The molecule has 2 fully saturated rings. The van der Waals surface area contributed by atoms with Crippen molar-refractivity contribution in [1.82, 2.24) is 15.2 Å². The number of pyridine rings is 1. The number of rotatable bonds is 3. The molecule has 4 N–H and O–H groups in total. The number of carbonyl (C=O) groups excluding carboxylic acids is 3. The largest absolute Gasteiger partial charge is 0.359 e. The lowest BCUT2D eigenvalue weighted by Gasteiger charge is -2.30. The van der Waals surface area contributed by atoms with E-state index in [2.05, 4.69) is 15.6 Å². The van der Waals surface area contributed by atoms with Gasteiger partial charge in [-0.25, -0.2) is 9.78 Å². The van der Waals surface area contributed by atoms with Crippen molar-refractivity contribution in [2.24, 2.45) is 11.7 Å². The summed E-state index contributed by atoms with van der Waals surface area (Å²) in [4.78, 5) is 42.8. The van der Waals surface area contributed by atoms with Gasteiger partial charge in [0.05, 0.1) is 24.3 Å². The van der Waals surface area contributed by atoms with Crippen LogP contribution >= 0.6 is 0 Å². The number of piperidine rings is 1. The fourth-order valence-corrected chi connectivity index (χ4v) is 3.13. The van der Waals surface area contributed by atoms with Gasteiger partial charge in [-0.1, -0.05) is 0 Å². The Morgan fingerprint density at radius 1 is 1.32 bits per heavy atom. The molecule has 0 aromatic carbocycles. The number of carbonyl (C=O) groups is 3. The average molecular weight is 346 g/mol. The standard InChI is InChI=1S/C16H22N6O3/c17-16(25)22-6-1-2-11(9-22)15(24)20-13-4-3-12(8-19-13)21-7-5-18-14(23)10-21/h3-4,8,11H,1-2,5-7,9-10H2,(H2,17,25)(H,18,23)(H,19,20,24). The lowest BCUT2D eigenvalue weighted by Crippen LogP contribution is -2.47. The van der Waals surface area contributed by atoms with Crippen molar-refractivity contribution in [2.45, 2.75) is 12.8 Å². The molecule has 4 amide bonds. The van der Waals surface area contributed by atoms with Gasteiger partial charge in [-0.2, -0.15) is 0 Å². The molecule has 0 aliphatic carbocycles. The van der Waals surface area contributed by atoms with Gasteiger partial charge in [-0.15, -0.1) is 0 Å². The maximum absolute atomic E-state index is 12.4. The second-order valence-electron chi connectivity index (χ2n) is 6.29. The van der Waals surface area contributed by atoms with E-state index in [1.54, 1.807) is 12.3 Å². The first-order chi connectivity index (χ1) is 12.0. The molecule has 0 saturated carbocycles. The van der Waals surface area contributed by atoms with Gasteiger partial charge in [0, 0.05) is 26.2 Å². The fraction of sp³-hybridized carbons (Fsp3) is 0.500. The predicted molar refractivity (Wildman–Crippen MR) is 92.0 cm³/mol. The first kappa shape index (κ1) is 17.0. The molecule has 1 aromatic heterocycles. The Bertz CT molecular complexity index is 662. The van der Waals surface area contributed by atoms with Crippen LogP contribution in [0.25, 0.3) is 0 Å². The number of hydrogen-bond acceptors (Lipinski definition) is 5. The van der Waals surface area contributed by atoms with Gasteiger partial charge in [0.2, 0.25) is 11.8 Å². The normalized spacial score (nSPS) is 20.8. The van der Waals surface area contributed by atoms with Crippen LogP contribution in [0, 0.1) is 5.92 Å². The summed E-state index contributed by atoms with van der Waals surface area (Å²) >= 11 is 0. The van der Waals surface area contributed by atoms with Crippen molar-refractivity contribution in [2.75, 3.05) is 42.9 Å². The molecular formula is C16H22N6O3. The molecule has 9 nitrogen and oxygen atoms in total. The quantitative estimate of drug-likeness (QED) is 0.697. The third kappa shape index (κ3) is 4.17. The number of amides is 4. The van der Waals surface area contributed by atoms with E-state index in [1.807, 2.05) is 11.0 Å². The second kappa shape index (κ2) is 7.37. The molecular weight excluding hydrogens is 324 g/mol. The van der Waals surface area contributed by atoms with Crippen LogP contribution < -0.4 is 21.3 Å². The van der Waals surface area contributed by atoms with E-state index in [0.29, 0.717) is 32.0 Å². The number of anilines is 2. The van der Waals surface area contributed by atoms with E-state index < -0.39 is 6.03 Å². The Hall–Kier alpha value is -2.84. The zero-order valence-corrected chi connectivity index (χ0v) is 13.9. The highest BCUT2D eigenvalue weighted by Gasteiger charge is 2.27. The summed E-state index contributed by atoms with van der Waals surface area (Å²) < 4.78 is 0. The summed E-state index contributed by atoms with van der Waals surface area (Å²) in [5.74, 6) is -0.0107. The molecule has 0 spiro atoms. The molecule has 1 unspecified atom stereocenters. The first-order valence-electron chi connectivity index (χ1n) is 8.36. The summed E-state index contributed by atoms with van der Waals surface area (Å²) in [6, 6.07) is 3.05. The Kier molecular flexibility index (Phi) is 5.01. The topological polar surface area (TPSA) is 121 Å². The van der Waals surface area contributed by atoms with Crippen LogP contribution in [-0.2, 0) is 9.59 Å². The number of hydrogen-bond donors (Lipinski definition) is 3. The van der Waals surface area contributed by atoms with Gasteiger partial charge < -0.3 is 26.2 Å². The van der Waals surface area contributed by atoms with Crippen LogP contribution in [0.3, 0.4) is 0 Å². The Morgan fingerprint density at radius 3 is 2.84 bits per heavy atom. The molecule has 1 aromatic rings. The summed E-state index contributed by atoms with van der Waals surface area (Å²) in [6.07, 6.45) is 3.12. The minimum absolute atomic E-state index is 0.0140. The number of aromatic nitrogens is 1. The van der Waals surface area contributed by atoms with Crippen LogP contribution in [0.1, 0.15) is 12.8 Å². The van der Waals surface area contributed by atoms with Gasteiger partial charge in [0.15, 0.2) is 0 Å². The van der Waals surface area contributed by atoms with Crippen LogP contribution in [0.15, 0.2) is 18.3 Å². The number of urea groups is 1. The predicted octanol–water partition coefficient (Wildman–Crippen LogP) is -0.253. The number of piperazine rings is 1. The molecule has 9 heteroatoms. The van der Waals surface area contributed by atoms with Gasteiger partial charge >= 0.3 is 6.03 Å². The van der Waals surface area contributed by atoms with Gasteiger partial charge in [0.25, 0.3) is 0 Å². The van der Waals surface area contributed by atoms with Crippen molar-refractivity contribution < 1.29 is 14.4 Å². The first-order valence-corrected chi connectivity index (χ1v) is 8.36. The van der Waals surface area contributed by atoms with Gasteiger partial charge in [-0.05, 0) is 25.0 Å². The molecule has 0 bridgehead atoms. The van der Waals surface area contributed by atoms with Crippen molar-refractivity contribution in [1.29, 1.82) is 0 Å². The average Bonchev–Trinajstić information content (AvgIpc) is 2.62. The lowest BCUT2D eigenvalue weighted by atomic mass is 9.97. The number of likely N-dealkylation sites (tertiary alicyclic amines) is 1. The van der Waals surface area contributed by atoms with Crippen molar-refractivity contribution in [3.63, 3.8) is 0 Å². The molecule has 134 valence electrons. The van der Waals surface area contributed by atoms with Gasteiger partial charge in [-0.3, -0.25) is 9.59 Å². The number of nitrogens with two attached hydrogens (primary N) is 1. The molecule has 2 aliphatic rings. The van der Waals surface area contributed by atoms with Crippen LogP contribution in [0.5, 0.6) is 0 Å². The third-order valence-corrected chi connectivity index (χ3v) is 4.51. The second-order valence-corrected chi connectivity index (χ2v) is 6.29. The molecule has 0 radical (unpaired) electrons. The van der Waals surface area contributed by atoms with Crippen molar-refractivity contribution in [3.8, 4) is 0 Å². The Balaban J connectivity index is 1.58. The molecule has 1 atom stereocenters. The third-order valence-electron chi connectivity index (χ3n) is 4.51. The van der Waals surface area contributed by atoms with Crippen molar-refractivity contribution in [3.05, 3.63) is 18.3 Å². The van der Waals surface area contributed by atoms with Crippen LogP contribution in [-0.4, -0.2) is 60.5 Å². The maximum atomic E-state index is 12.4. The van der Waals surface area contributed by atoms with E-state index in [9.17, 15) is 14.4 Å². The highest BCUT2D eigenvalue weighted by molar-refractivity contribution is 5.92. The summed E-state index contributed by atoms with van der Waals surface area (Å²) in [5.41, 5.74) is 6.13. The number of nitrogens with one attached hydrogen (secondary N) is 2. The van der Waals surface area contributed by atoms with Crippen molar-refractivity contribution >= 4 is 29.4 Å². The maximum Gasteiger partial charge on any atom is 0.314 e. The Morgan fingerprint density at radius 2 is 2.16 bits per heavy atom. The fourth-order valence-electron chi connectivity index (χ4n) is 3.13. The van der Waals surface area contributed by atoms with Crippen LogP contribution in [0.4, 0.5) is 16.3 Å². The number of primary amides is 1. The molecule has 3 rings (SSSR count). The SMILES string of the molecule is NC(=O)N1CCCC(C(=O)Nc2ccc(N3CCNC(=O)C3)cn2)C1. The van der Waals surface area contributed by atoms with E-state index in [4.69, 9.17) is 5.73 Å². The molecule has 2 saturated heterocycles. The smallest absolute Gasteiger partial charge is 0.314 e. The minimum Gasteiger partial charge on any atom is -0.359 e. The monoisotopic (exact) mass is 346 g/mol. The summed E-state index contributed by atoms with van der Waals surface area (Å²) in [5, 5.41) is 5.56. The molecule has 3 heterocycles. The zero-order chi connectivity index (χ0) is 17.8. The zero-order valence-electron chi connectivity index (χ0n) is 13.9. The minimum atomic E-state index is -0.495. The molecule has 25 heavy (non-hydrogen) atoms. The number of nitrogens with zero attached hydrogens (tertiary/aromatic N) is 3. The van der Waals surface area contributed by atoms with E-state index in [-0.39, 0.29) is 17.7 Å². The highest BCUT2D eigenvalue weighted by Crippen LogP contribution is 2.20. The van der Waals surface area contributed by atoms with E-state index >= 15 is 0 Å². The Labute approximate surface area is 145 Å². The van der Waals surface area contributed by atoms with E-state index in [0.717, 1.165) is 25.1 Å². The highest BCUT2D eigenvalue weighted by atomic mass is 16.2. The van der Waals surface area contributed by atoms with E-state index in [1.165, 1.54) is 4.90 Å². The summed E-state index contributed by atoms with van der Waals surface area (Å²) in [6.45, 7) is 2.57. The van der Waals surface area contributed by atoms with Gasteiger partial charge in [0.1, 0.15) is 5.82 Å². The lowest BCUT2D eigenvalue weighted by molar-refractivity contribution is -0.121. The summed E-state index contributed by atoms with van der Waals surface area (Å²) in [7, 11) is 0. The van der Waals surface area contributed by atoms with Crippen LogP contribution in [0.2, 0.25) is 0 Å². The molecule has 2 aliphatic heterocycles.